The first kappa shape index (κ1) is 17.0. The molecule has 1 N–H and O–H groups in total. The number of H-pyrrole nitrogens is 1. The van der Waals surface area contributed by atoms with Crippen molar-refractivity contribution < 1.29 is 9.59 Å². The maximum Gasteiger partial charge on any atom is 0.274 e. The van der Waals surface area contributed by atoms with Gasteiger partial charge in [0.25, 0.3) is 11.8 Å². The van der Waals surface area contributed by atoms with Crippen LogP contribution in [0.5, 0.6) is 0 Å². The fourth-order valence-electron chi connectivity index (χ4n) is 4.16. The lowest BCUT2D eigenvalue weighted by Crippen LogP contribution is -2.50. The smallest absolute Gasteiger partial charge is 0.274 e. The largest absolute Gasteiger partial charge is 0.351 e. The molecule has 2 aliphatic heterocycles. The second-order valence-electron chi connectivity index (χ2n) is 7.56. The zero-order valence-electron chi connectivity index (χ0n) is 15.7. The van der Waals surface area contributed by atoms with Crippen molar-refractivity contribution in [3.05, 3.63) is 53.5 Å². The predicted molar refractivity (Wildman–Crippen MR) is 105 cm³/mol. The molecule has 1 saturated heterocycles. The third-order valence-corrected chi connectivity index (χ3v) is 5.75. The van der Waals surface area contributed by atoms with Crippen molar-refractivity contribution in [3.8, 4) is 0 Å². The van der Waals surface area contributed by atoms with Crippen LogP contribution in [0.4, 0.5) is 0 Å². The fraction of sp³-hybridized carbons (Fsp3) is 0.381. The predicted octanol–water partition coefficient (Wildman–Crippen LogP) is 2.30. The summed E-state index contributed by atoms with van der Waals surface area (Å²) in [6.45, 7) is 3.04. The number of aromatic amines is 1. The van der Waals surface area contributed by atoms with E-state index in [1.165, 1.54) is 0 Å². The van der Waals surface area contributed by atoms with Crippen LogP contribution in [-0.2, 0) is 13.0 Å². The lowest BCUT2D eigenvalue weighted by molar-refractivity contribution is 0.0529. The van der Waals surface area contributed by atoms with Crippen LogP contribution in [0.15, 0.2) is 36.4 Å². The average molecular weight is 377 g/mol. The van der Waals surface area contributed by atoms with Crippen molar-refractivity contribution in [3.63, 3.8) is 0 Å². The number of benzene rings is 1. The highest BCUT2D eigenvalue weighted by Gasteiger charge is 2.28. The van der Waals surface area contributed by atoms with Gasteiger partial charge < -0.3 is 14.8 Å². The van der Waals surface area contributed by atoms with Crippen LogP contribution in [-0.4, -0.2) is 62.6 Å². The molecule has 7 nitrogen and oxygen atoms in total. The zero-order valence-corrected chi connectivity index (χ0v) is 15.7. The minimum Gasteiger partial charge on any atom is -0.351 e. The molecule has 144 valence electrons. The Morgan fingerprint density at radius 2 is 1.64 bits per heavy atom. The van der Waals surface area contributed by atoms with Gasteiger partial charge in [0.1, 0.15) is 5.69 Å². The lowest BCUT2D eigenvalue weighted by atomic mass is 10.1. The van der Waals surface area contributed by atoms with Gasteiger partial charge in [-0.05, 0) is 37.5 Å². The Hall–Kier alpha value is -3.09. The summed E-state index contributed by atoms with van der Waals surface area (Å²) in [7, 11) is 0. The highest BCUT2D eigenvalue weighted by Crippen LogP contribution is 2.19. The third-order valence-electron chi connectivity index (χ3n) is 5.75. The van der Waals surface area contributed by atoms with Crippen LogP contribution in [0, 0.1) is 0 Å². The minimum atomic E-state index is -0.0281. The van der Waals surface area contributed by atoms with Gasteiger partial charge in [0.2, 0.25) is 0 Å². The van der Waals surface area contributed by atoms with Crippen molar-refractivity contribution in [2.45, 2.75) is 25.8 Å². The molecule has 0 atom stereocenters. The van der Waals surface area contributed by atoms with Crippen LogP contribution in [0.25, 0.3) is 10.9 Å². The Labute approximate surface area is 162 Å². The van der Waals surface area contributed by atoms with Gasteiger partial charge >= 0.3 is 0 Å². The van der Waals surface area contributed by atoms with Gasteiger partial charge in [-0.1, -0.05) is 18.2 Å². The number of nitrogens with one attached hydrogen (secondary N) is 1. The first-order chi connectivity index (χ1) is 13.7. The molecule has 1 fully saturated rings. The maximum absolute atomic E-state index is 12.8. The van der Waals surface area contributed by atoms with Crippen molar-refractivity contribution in [1.82, 2.24) is 24.6 Å². The van der Waals surface area contributed by atoms with E-state index in [0.29, 0.717) is 37.6 Å². The van der Waals surface area contributed by atoms with Gasteiger partial charge in [-0.3, -0.25) is 14.3 Å². The first-order valence-electron chi connectivity index (χ1n) is 9.92. The van der Waals surface area contributed by atoms with E-state index < -0.39 is 0 Å². The molecule has 0 unspecified atom stereocenters. The quantitative estimate of drug-likeness (QED) is 0.745. The molecule has 0 saturated carbocycles. The van der Waals surface area contributed by atoms with Crippen LogP contribution < -0.4 is 0 Å². The number of carbonyl (C=O) groups is 2. The van der Waals surface area contributed by atoms with Crippen LogP contribution in [0.3, 0.4) is 0 Å². The molecular weight excluding hydrogens is 354 g/mol. The SMILES string of the molecule is O=C(c1cc2n(n1)CCCC2)N1CCN(C(=O)c2cc3ccccc3[nH]2)CC1. The average Bonchev–Trinajstić information content (AvgIpc) is 3.37. The highest BCUT2D eigenvalue weighted by atomic mass is 16.2. The Bertz CT molecular complexity index is 986. The summed E-state index contributed by atoms with van der Waals surface area (Å²) in [5.41, 5.74) is 3.25. The fourth-order valence-corrected chi connectivity index (χ4v) is 4.16. The Kier molecular flexibility index (Phi) is 4.15. The Balaban J connectivity index is 1.25. The molecule has 1 aromatic carbocycles. The van der Waals surface area contributed by atoms with Gasteiger partial charge in [0.15, 0.2) is 5.69 Å². The number of carbonyl (C=O) groups excluding carboxylic acids is 2. The van der Waals surface area contributed by atoms with E-state index in [2.05, 4.69) is 10.1 Å². The van der Waals surface area contributed by atoms with Crippen LogP contribution in [0.2, 0.25) is 0 Å². The number of hydrogen-bond acceptors (Lipinski definition) is 3. The molecule has 28 heavy (non-hydrogen) atoms. The molecule has 0 aliphatic carbocycles. The minimum absolute atomic E-state index is 0.0132. The zero-order chi connectivity index (χ0) is 19.1. The molecule has 0 bridgehead atoms. The van der Waals surface area contributed by atoms with Crippen molar-refractivity contribution in [2.75, 3.05) is 26.2 Å². The molecule has 2 aromatic heterocycles. The van der Waals surface area contributed by atoms with Gasteiger partial charge in [-0.2, -0.15) is 5.10 Å². The molecule has 0 radical (unpaired) electrons. The maximum atomic E-state index is 12.8. The number of nitrogens with zero attached hydrogens (tertiary/aromatic N) is 4. The topological polar surface area (TPSA) is 74.2 Å². The summed E-state index contributed by atoms with van der Waals surface area (Å²) in [5.74, 6) is -0.0413. The van der Waals surface area contributed by atoms with Crippen LogP contribution >= 0.6 is 0 Å². The molecule has 7 heteroatoms. The summed E-state index contributed by atoms with van der Waals surface area (Å²) < 4.78 is 1.96. The normalized spacial score (nSPS) is 17.0. The molecule has 3 aromatic rings. The van der Waals surface area contributed by atoms with E-state index in [0.717, 1.165) is 42.4 Å². The highest BCUT2D eigenvalue weighted by molar-refractivity contribution is 5.98. The number of fused-ring (bicyclic) bond motifs is 2. The Morgan fingerprint density at radius 3 is 2.39 bits per heavy atom. The number of aryl methyl sites for hydroxylation is 2. The van der Waals surface area contributed by atoms with E-state index in [4.69, 9.17) is 0 Å². The van der Waals surface area contributed by atoms with E-state index in [1.807, 2.05) is 50.9 Å². The molecular formula is C21H23N5O2. The summed E-state index contributed by atoms with van der Waals surface area (Å²) in [5, 5.41) is 5.52. The van der Waals surface area contributed by atoms with E-state index >= 15 is 0 Å². The number of rotatable bonds is 2. The second-order valence-corrected chi connectivity index (χ2v) is 7.56. The molecule has 5 rings (SSSR count). The van der Waals surface area contributed by atoms with E-state index in [9.17, 15) is 9.59 Å². The number of aromatic nitrogens is 3. The first-order valence-corrected chi connectivity index (χ1v) is 9.92. The second kappa shape index (κ2) is 6.82. The summed E-state index contributed by atoms with van der Waals surface area (Å²) in [6, 6.07) is 11.7. The standard InChI is InChI=1S/C21H23N5O2/c27-20(18-13-15-5-1-2-7-17(15)22-18)24-9-11-25(12-10-24)21(28)19-14-16-6-3-4-8-26(16)23-19/h1-2,5,7,13-14,22H,3-4,6,8-12H2. The van der Waals surface area contributed by atoms with Gasteiger partial charge in [0.05, 0.1) is 0 Å². The molecule has 2 aliphatic rings. The van der Waals surface area contributed by atoms with Gasteiger partial charge in [-0.25, -0.2) is 0 Å². The summed E-state index contributed by atoms with van der Waals surface area (Å²) in [6.07, 6.45) is 3.28. The summed E-state index contributed by atoms with van der Waals surface area (Å²) in [4.78, 5) is 32.5. The van der Waals surface area contributed by atoms with Crippen molar-refractivity contribution >= 4 is 22.7 Å². The van der Waals surface area contributed by atoms with E-state index in [-0.39, 0.29) is 11.8 Å². The molecule has 4 heterocycles. The molecule has 0 spiro atoms. The lowest BCUT2D eigenvalue weighted by Gasteiger charge is -2.34. The number of piperazine rings is 1. The van der Waals surface area contributed by atoms with Crippen molar-refractivity contribution in [2.24, 2.45) is 0 Å². The Morgan fingerprint density at radius 1 is 0.893 bits per heavy atom. The molecule has 2 amide bonds. The summed E-state index contributed by atoms with van der Waals surface area (Å²) >= 11 is 0. The van der Waals surface area contributed by atoms with Gasteiger partial charge in [0, 0.05) is 49.3 Å². The third kappa shape index (κ3) is 2.96. The van der Waals surface area contributed by atoms with Crippen LogP contribution in [0.1, 0.15) is 39.5 Å². The van der Waals surface area contributed by atoms with Crippen molar-refractivity contribution in [1.29, 1.82) is 0 Å². The number of amides is 2. The number of para-hydroxylation sites is 1. The number of hydrogen-bond donors (Lipinski definition) is 1. The monoisotopic (exact) mass is 377 g/mol. The van der Waals surface area contributed by atoms with Gasteiger partial charge in [-0.15, -0.1) is 0 Å². The van der Waals surface area contributed by atoms with E-state index in [1.54, 1.807) is 0 Å².